The van der Waals surface area contributed by atoms with Crippen LogP contribution in [0.5, 0.6) is 0 Å². The minimum atomic E-state index is -0.874. The molecule has 20 heavy (non-hydrogen) atoms. The van der Waals surface area contributed by atoms with E-state index in [1.165, 1.54) is 0 Å². The fourth-order valence-corrected chi connectivity index (χ4v) is 3.85. The van der Waals surface area contributed by atoms with Crippen LogP contribution in [0.15, 0.2) is 0 Å². The monoisotopic (exact) mass is 285 g/mol. The Morgan fingerprint density at radius 1 is 1.25 bits per heavy atom. The zero-order chi connectivity index (χ0) is 14.8. The predicted octanol–water partition coefficient (Wildman–Crippen LogP) is 2.97. The van der Waals surface area contributed by atoms with Crippen LogP contribution < -0.4 is 0 Å². The number of aliphatic hydroxyl groups is 1. The number of amides is 1. The van der Waals surface area contributed by atoms with Gasteiger partial charge < -0.3 is 14.9 Å². The molecule has 1 aliphatic heterocycles. The molecular formula is C15H27NO4. The Kier molecular flexibility index (Phi) is 4.59. The van der Waals surface area contributed by atoms with Crippen LogP contribution in [0.1, 0.15) is 65.2 Å². The molecular weight excluding hydrogens is 258 g/mol. The first kappa shape index (κ1) is 15.6. The lowest BCUT2D eigenvalue weighted by molar-refractivity contribution is -0.118. The fourth-order valence-electron chi connectivity index (χ4n) is 3.85. The van der Waals surface area contributed by atoms with Gasteiger partial charge in [-0.15, -0.1) is 0 Å². The summed E-state index contributed by atoms with van der Waals surface area (Å²) in [7, 11) is 0. The van der Waals surface area contributed by atoms with Gasteiger partial charge in [0.05, 0.1) is 11.6 Å². The molecule has 1 amide bonds. The number of ether oxygens (including phenoxy) is 1. The van der Waals surface area contributed by atoms with Crippen LogP contribution in [0, 0.1) is 0 Å². The van der Waals surface area contributed by atoms with E-state index in [2.05, 4.69) is 0 Å². The highest BCUT2D eigenvalue weighted by molar-refractivity contribution is 5.67. The average molecular weight is 285 g/mol. The van der Waals surface area contributed by atoms with Crippen LogP contribution in [0.3, 0.4) is 0 Å². The number of aliphatic hydroxyl groups excluding tert-OH is 1. The van der Waals surface area contributed by atoms with Gasteiger partial charge in [0.15, 0.2) is 0 Å². The third-order valence-electron chi connectivity index (χ3n) is 4.83. The van der Waals surface area contributed by atoms with E-state index in [-0.39, 0.29) is 12.7 Å². The molecule has 2 fully saturated rings. The van der Waals surface area contributed by atoms with Crippen molar-refractivity contribution < 1.29 is 19.7 Å². The minimum absolute atomic E-state index is 0.0803. The second-order valence-electron chi connectivity index (χ2n) is 6.60. The predicted molar refractivity (Wildman–Crippen MR) is 75.6 cm³/mol. The molecule has 5 heteroatoms. The molecule has 5 nitrogen and oxygen atoms in total. The van der Waals surface area contributed by atoms with E-state index in [0.717, 1.165) is 51.4 Å². The van der Waals surface area contributed by atoms with E-state index < -0.39 is 17.4 Å². The molecule has 0 aromatic rings. The molecule has 0 radical (unpaired) electrons. The summed E-state index contributed by atoms with van der Waals surface area (Å²) in [5.74, 6) is 0. The summed E-state index contributed by atoms with van der Waals surface area (Å²) in [4.78, 5) is 13.3. The average Bonchev–Trinajstić information content (AvgIpc) is 2.58. The zero-order valence-corrected chi connectivity index (χ0v) is 12.6. The molecule has 2 aliphatic rings. The van der Waals surface area contributed by atoms with Crippen LogP contribution in [-0.2, 0) is 4.74 Å². The largest absolute Gasteiger partial charge is 0.465 e. The van der Waals surface area contributed by atoms with Crippen molar-refractivity contribution in [2.75, 3.05) is 6.61 Å². The van der Waals surface area contributed by atoms with Crippen LogP contribution in [0.4, 0.5) is 4.79 Å². The normalized spacial score (nSPS) is 27.9. The highest BCUT2D eigenvalue weighted by Gasteiger charge is 2.59. The third kappa shape index (κ3) is 2.66. The summed E-state index contributed by atoms with van der Waals surface area (Å²) in [5.41, 5.74) is -1.11. The highest BCUT2D eigenvalue weighted by atomic mass is 16.6. The SMILES string of the molecule is CC1(C)C(CCCCO)OC2(CCCCC2)N1C(=O)O. The first-order valence-electron chi connectivity index (χ1n) is 7.76. The maximum Gasteiger partial charge on any atom is 0.410 e. The van der Waals surface area contributed by atoms with Gasteiger partial charge in [-0.05, 0) is 58.8 Å². The topological polar surface area (TPSA) is 70.0 Å². The van der Waals surface area contributed by atoms with Gasteiger partial charge in [-0.3, -0.25) is 4.90 Å². The van der Waals surface area contributed by atoms with Crippen LogP contribution >= 0.6 is 0 Å². The Hall–Kier alpha value is -0.810. The van der Waals surface area contributed by atoms with Crippen molar-refractivity contribution in [3.8, 4) is 0 Å². The summed E-state index contributed by atoms with van der Waals surface area (Å²) in [6, 6.07) is 0. The lowest BCUT2D eigenvalue weighted by Gasteiger charge is -2.42. The molecule has 2 rings (SSSR count). The molecule has 2 N–H and O–H groups in total. The molecule has 116 valence electrons. The number of nitrogens with zero attached hydrogens (tertiary/aromatic N) is 1. The summed E-state index contributed by atoms with van der Waals surface area (Å²) in [5, 5.41) is 18.6. The summed E-state index contributed by atoms with van der Waals surface area (Å²) >= 11 is 0. The van der Waals surface area contributed by atoms with Gasteiger partial charge in [0.25, 0.3) is 0 Å². The third-order valence-corrected chi connectivity index (χ3v) is 4.83. The molecule has 0 aromatic carbocycles. The fraction of sp³-hybridized carbons (Fsp3) is 0.933. The van der Waals surface area contributed by atoms with Crippen LogP contribution in [-0.4, -0.2) is 45.2 Å². The molecule has 1 saturated heterocycles. The minimum Gasteiger partial charge on any atom is -0.465 e. The first-order chi connectivity index (χ1) is 9.44. The van der Waals surface area contributed by atoms with Crippen molar-refractivity contribution in [1.82, 2.24) is 4.90 Å². The van der Waals surface area contributed by atoms with Gasteiger partial charge in [0.1, 0.15) is 5.72 Å². The van der Waals surface area contributed by atoms with E-state index in [0.29, 0.717) is 0 Å². The number of hydrogen-bond donors (Lipinski definition) is 2. The zero-order valence-electron chi connectivity index (χ0n) is 12.6. The van der Waals surface area contributed by atoms with Crippen molar-refractivity contribution in [3.63, 3.8) is 0 Å². The summed E-state index contributed by atoms with van der Waals surface area (Å²) in [6.45, 7) is 4.11. The van der Waals surface area contributed by atoms with E-state index in [9.17, 15) is 9.90 Å². The smallest absolute Gasteiger partial charge is 0.410 e. The lowest BCUT2D eigenvalue weighted by Crippen LogP contribution is -2.56. The Bertz CT molecular complexity index is 350. The van der Waals surface area contributed by atoms with Gasteiger partial charge in [0.2, 0.25) is 0 Å². The number of carbonyl (C=O) groups is 1. The van der Waals surface area contributed by atoms with E-state index >= 15 is 0 Å². The van der Waals surface area contributed by atoms with E-state index in [4.69, 9.17) is 9.84 Å². The number of carboxylic acid groups (broad SMARTS) is 1. The molecule has 0 aromatic heterocycles. The highest BCUT2D eigenvalue weighted by Crippen LogP contribution is 2.48. The van der Waals surface area contributed by atoms with Crippen molar-refractivity contribution >= 4 is 6.09 Å². The Balaban J connectivity index is 2.19. The Morgan fingerprint density at radius 3 is 2.45 bits per heavy atom. The van der Waals surface area contributed by atoms with Crippen molar-refractivity contribution in [2.24, 2.45) is 0 Å². The molecule has 1 heterocycles. The standard InChI is InChI=1S/C15H27NO4/c1-14(2)12(8-4-7-11-17)20-15(16(14)13(18)19)9-5-3-6-10-15/h12,17H,3-11H2,1-2H3,(H,18,19). The van der Waals surface area contributed by atoms with Crippen molar-refractivity contribution in [1.29, 1.82) is 0 Å². The molecule has 1 atom stereocenters. The van der Waals surface area contributed by atoms with Gasteiger partial charge in [-0.1, -0.05) is 6.42 Å². The van der Waals surface area contributed by atoms with Crippen molar-refractivity contribution in [2.45, 2.75) is 82.6 Å². The second kappa shape index (κ2) is 5.90. The number of unbranched alkanes of at least 4 members (excludes halogenated alkanes) is 1. The van der Waals surface area contributed by atoms with E-state index in [1.54, 1.807) is 4.90 Å². The van der Waals surface area contributed by atoms with E-state index in [1.807, 2.05) is 13.8 Å². The summed E-state index contributed by atoms with van der Waals surface area (Å²) < 4.78 is 6.29. The molecule has 1 unspecified atom stereocenters. The van der Waals surface area contributed by atoms with Crippen LogP contribution in [0.2, 0.25) is 0 Å². The molecule has 1 saturated carbocycles. The quantitative estimate of drug-likeness (QED) is 0.779. The van der Waals surface area contributed by atoms with Gasteiger partial charge in [-0.2, -0.15) is 0 Å². The number of hydrogen-bond acceptors (Lipinski definition) is 3. The maximum atomic E-state index is 11.8. The molecule has 0 bridgehead atoms. The van der Waals surface area contributed by atoms with Gasteiger partial charge in [0, 0.05) is 6.61 Å². The lowest BCUT2D eigenvalue weighted by atomic mass is 9.87. The first-order valence-corrected chi connectivity index (χ1v) is 7.76. The molecule has 1 aliphatic carbocycles. The van der Waals surface area contributed by atoms with Crippen molar-refractivity contribution in [3.05, 3.63) is 0 Å². The van der Waals surface area contributed by atoms with Crippen LogP contribution in [0.25, 0.3) is 0 Å². The van der Waals surface area contributed by atoms with Gasteiger partial charge >= 0.3 is 6.09 Å². The Morgan fingerprint density at radius 2 is 1.90 bits per heavy atom. The molecule has 1 spiro atoms. The number of rotatable bonds is 4. The maximum absolute atomic E-state index is 11.8. The van der Waals surface area contributed by atoms with Gasteiger partial charge in [-0.25, -0.2) is 4.79 Å². The summed E-state index contributed by atoms with van der Waals surface area (Å²) in [6.07, 6.45) is 6.30. The Labute approximate surface area is 120 Å². The second-order valence-corrected chi connectivity index (χ2v) is 6.60.